The molecule has 61 heavy (non-hydrogen) atoms. The summed E-state index contributed by atoms with van der Waals surface area (Å²) in [7, 11) is -4.40. The molecule has 322 valence electrons. The van der Waals surface area contributed by atoms with Crippen LogP contribution in [0.3, 0.4) is 0 Å². The van der Waals surface area contributed by atoms with Gasteiger partial charge in [0.15, 0.2) is 5.54 Å². The molecule has 3 amide bonds. The number of fused-ring (bicyclic) bond motifs is 4. The molecular weight excluding hydrogens is 801 g/mol. The Hall–Kier alpha value is -5.61. The summed E-state index contributed by atoms with van der Waals surface area (Å²) in [5.41, 5.74) is 4.65. The van der Waals surface area contributed by atoms with E-state index >= 15 is 0 Å². The summed E-state index contributed by atoms with van der Waals surface area (Å²) in [6.07, 6.45) is 9.04. The third-order valence-electron chi connectivity index (χ3n) is 12.6. The molecule has 2 aromatic carbocycles. The number of nitrogens with zero attached hydrogens (tertiary/aromatic N) is 6. The summed E-state index contributed by atoms with van der Waals surface area (Å²) in [6, 6.07) is 8.09. The summed E-state index contributed by atoms with van der Waals surface area (Å²) in [4.78, 5) is 64.9. The lowest BCUT2D eigenvalue weighted by atomic mass is 9.85. The first kappa shape index (κ1) is 42.1. The van der Waals surface area contributed by atoms with E-state index in [1.165, 1.54) is 5.57 Å². The molecule has 1 aromatic heterocycles. The second-order valence-electron chi connectivity index (χ2n) is 17.4. The molecule has 1 N–H and O–H groups in total. The molecule has 0 bridgehead atoms. The van der Waals surface area contributed by atoms with E-state index in [2.05, 4.69) is 55.4 Å². The number of imide groups is 1. The zero-order valence-corrected chi connectivity index (χ0v) is 36.6. The van der Waals surface area contributed by atoms with Crippen LogP contribution in [-0.2, 0) is 40.7 Å². The number of hydrogen-bond acceptors (Lipinski definition) is 10. The van der Waals surface area contributed by atoms with Gasteiger partial charge in [-0.1, -0.05) is 13.0 Å². The van der Waals surface area contributed by atoms with Gasteiger partial charge in [0.1, 0.15) is 36.2 Å². The molecular formula is C45H53N6O9S+. The molecule has 6 heterocycles. The molecule has 16 heteroatoms. The molecule has 0 atom stereocenters. The topological polar surface area (TPSA) is 172 Å². The maximum absolute atomic E-state index is 14.1. The van der Waals surface area contributed by atoms with Gasteiger partial charge in [0, 0.05) is 98.0 Å². The standard InChI is InChI=1S/C45H52N6O9S/c1-8-27-23-44(4,5)49(9-2)34-21-36-32(19-30(27)34)41(33-20-31-29(26-61(56,57)58)24-45(6,7)50(10-3)35(31)22-37(33)59-36)42-46-15-18-48(42)25-40(54)47-16-13-28(14-17-47)43(55)60-51-38(52)11-12-39(51)53/h15,18-24,28H,8-14,16-17,25-26H2,1-7H3/p+1. The lowest BCUT2D eigenvalue weighted by molar-refractivity contribution is -0.201. The van der Waals surface area contributed by atoms with E-state index in [1.54, 1.807) is 21.9 Å². The number of rotatable bonds is 10. The summed E-state index contributed by atoms with van der Waals surface area (Å²) in [6.45, 7) is 16.6. The van der Waals surface area contributed by atoms with Gasteiger partial charge in [0.25, 0.3) is 21.9 Å². The Morgan fingerprint density at radius 3 is 2.28 bits per heavy atom. The number of carbonyl (C=O) groups excluding carboxylic acids is 4. The van der Waals surface area contributed by atoms with Crippen LogP contribution >= 0.6 is 0 Å². The van der Waals surface area contributed by atoms with E-state index in [1.807, 2.05) is 39.0 Å². The number of likely N-dealkylation sites (tertiary alicyclic amines) is 1. The number of aromatic nitrogens is 2. The lowest BCUT2D eigenvalue weighted by Gasteiger charge is -2.43. The number of hydroxylamine groups is 2. The monoisotopic (exact) mass is 853 g/mol. The minimum atomic E-state index is -4.40. The van der Waals surface area contributed by atoms with Gasteiger partial charge < -0.3 is 23.9 Å². The highest BCUT2D eigenvalue weighted by atomic mass is 32.2. The fraction of sp³-hybridized carbons (Fsp3) is 0.467. The van der Waals surface area contributed by atoms with Crippen LogP contribution in [0.25, 0.3) is 16.7 Å². The highest BCUT2D eigenvalue weighted by Crippen LogP contribution is 2.46. The summed E-state index contributed by atoms with van der Waals surface area (Å²) >= 11 is 0. The number of hydrogen-bond donors (Lipinski definition) is 1. The van der Waals surface area contributed by atoms with Crippen LogP contribution < -0.4 is 24.8 Å². The van der Waals surface area contributed by atoms with Crippen molar-refractivity contribution in [3.63, 3.8) is 0 Å². The third-order valence-corrected chi connectivity index (χ3v) is 13.3. The number of piperidine rings is 1. The Kier molecular flexibility index (Phi) is 10.6. The Morgan fingerprint density at radius 2 is 1.64 bits per heavy atom. The van der Waals surface area contributed by atoms with Crippen molar-refractivity contribution < 1.29 is 41.7 Å². The molecule has 0 spiro atoms. The molecule has 0 radical (unpaired) electrons. The van der Waals surface area contributed by atoms with Crippen LogP contribution in [0.2, 0.25) is 0 Å². The fourth-order valence-electron chi connectivity index (χ4n) is 9.81. The number of likely N-dealkylation sites (N-methyl/N-ethyl adjacent to an activating group) is 2. The average Bonchev–Trinajstić information content (AvgIpc) is 3.78. The van der Waals surface area contributed by atoms with Crippen molar-refractivity contribution in [1.82, 2.24) is 24.1 Å². The van der Waals surface area contributed by atoms with E-state index in [0.29, 0.717) is 64.0 Å². The van der Waals surface area contributed by atoms with E-state index < -0.39 is 45.1 Å². The molecule has 3 aromatic rings. The maximum Gasteiger partial charge on any atom is 0.336 e. The smallest absolute Gasteiger partial charge is 0.336 e. The lowest BCUT2D eigenvalue weighted by Crippen LogP contribution is -2.49. The second-order valence-corrected chi connectivity index (χ2v) is 18.9. The number of anilines is 1. The van der Waals surface area contributed by atoms with Gasteiger partial charge in [-0.3, -0.25) is 18.9 Å². The van der Waals surface area contributed by atoms with Gasteiger partial charge in [0.05, 0.1) is 17.5 Å². The highest BCUT2D eigenvalue weighted by molar-refractivity contribution is 7.86. The number of carbonyl (C=O) groups is 4. The largest absolute Gasteiger partial charge is 0.456 e. The van der Waals surface area contributed by atoms with Crippen molar-refractivity contribution in [2.75, 3.05) is 36.8 Å². The Morgan fingerprint density at radius 1 is 0.934 bits per heavy atom. The van der Waals surface area contributed by atoms with Crippen LogP contribution in [0.4, 0.5) is 5.69 Å². The summed E-state index contributed by atoms with van der Waals surface area (Å²) < 4.78 is 46.1. The fourth-order valence-corrected chi connectivity index (χ4v) is 10.4. The zero-order valence-electron chi connectivity index (χ0n) is 35.8. The molecule has 5 aliphatic rings. The number of imidazole rings is 1. The normalized spacial score (nSPS) is 19.4. The van der Waals surface area contributed by atoms with Gasteiger partial charge in [-0.15, -0.1) is 5.06 Å². The maximum atomic E-state index is 14.1. The quantitative estimate of drug-likeness (QED) is 0.139. The predicted octanol–water partition coefficient (Wildman–Crippen LogP) is 4.07. The Labute approximate surface area is 355 Å². The highest BCUT2D eigenvalue weighted by Gasteiger charge is 2.39. The minimum Gasteiger partial charge on any atom is -0.456 e. The average molecular weight is 854 g/mol. The SMILES string of the molecule is CCC1=CC(C)(C)[N+](CC)=c2cc3c(cc21)=C(c1nccn1CC(=O)N1CCC(C(=O)ON2C(=O)CCC2=O)CC1)c1cc2c(cc1O3)N(CC)C(C)(C)C=C2CS(=O)(=O)O. The van der Waals surface area contributed by atoms with Gasteiger partial charge in [-0.2, -0.15) is 8.42 Å². The molecule has 8 rings (SSSR count). The minimum absolute atomic E-state index is 0.0115. The molecule has 2 saturated heterocycles. The molecule has 2 fully saturated rings. The third kappa shape index (κ3) is 7.57. The van der Waals surface area contributed by atoms with Crippen LogP contribution in [0.5, 0.6) is 11.5 Å². The van der Waals surface area contributed by atoms with E-state index in [4.69, 9.17) is 14.6 Å². The van der Waals surface area contributed by atoms with Crippen molar-refractivity contribution in [3.8, 4) is 11.5 Å². The van der Waals surface area contributed by atoms with Gasteiger partial charge in [-0.25, -0.2) is 14.4 Å². The first-order valence-electron chi connectivity index (χ1n) is 21.1. The van der Waals surface area contributed by atoms with Crippen molar-refractivity contribution in [2.45, 2.75) is 98.2 Å². The van der Waals surface area contributed by atoms with Gasteiger partial charge in [-0.05, 0) is 76.3 Å². The molecule has 0 saturated carbocycles. The second kappa shape index (κ2) is 15.4. The molecule has 5 aliphatic heterocycles. The van der Waals surface area contributed by atoms with Crippen molar-refractivity contribution in [1.29, 1.82) is 0 Å². The van der Waals surface area contributed by atoms with Crippen LogP contribution in [-0.4, -0.2) is 99.2 Å². The van der Waals surface area contributed by atoms with Crippen LogP contribution in [0.15, 0.2) is 48.8 Å². The molecule has 0 unspecified atom stereocenters. The van der Waals surface area contributed by atoms with Crippen molar-refractivity contribution in [2.24, 2.45) is 5.92 Å². The Bertz CT molecular complexity index is 2690. The van der Waals surface area contributed by atoms with E-state index in [0.717, 1.165) is 34.8 Å². The number of benzene rings is 2. The predicted molar refractivity (Wildman–Crippen MR) is 228 cm³/mol. The van der Waals surface area contributed by atoms with Crippen LogP contribution in [0.1, 0.15) is 103 Å². The van der Waals surface area contributed by atoms with Crippen LogP contribution in [0, 0.1) is 5.92 Å². The van der Waals surface area contributed by atoms with E-state index in [-0.39, 0.29) is 43.9 Å². The van der Waals surface area contributed by atoms with E-state index in [9.17, 15) is 32.1 Å². The number of amides is 3. The first-order valence-corrected chi connectivity index (χ1v) is 22.7. The van der Waals surface area contributed by atoms with Gasteiger partial charge in [0.2, 0.25) is 11.3 Å². The first-order chi connectivity index (χ1) is 28.8. The van der Waals surface area contributed by atoms with Crippen molar-refractivity contribution in [3.05, 3.63) is 81.9 Å². The number of allylic oxidation sites excluding steroid dienone is 1. The summed E-state index contributed by atoms with van der Waals surface area (Å²) in [5, 5.41) is 2.37. The zero-order chi connectivity index (χ0) is 43.8. The Balaban J connectivity index is 1.22. The van der Waals surface area contributed by atoms with Gasteiger partial charge >= 0.3 is 5.97 Å². The van der Waals surface area contributed by atoms with Crippen molar-refractivity contribution >= 4 is 56.2 Å². The number of ether oxygens (including phenoxy) is 1. The summed E-state index contributed by atoms with van der Waals surface area (Å²) in [5.74, 6) is -1.38. The molecule has 15 nitrogen and oxygen atoms in total. The molecule has 0 aliphatic carbocycles.